The van der Waals surface area contributed by atoms with E-state index in [4.69, 9.17) is 9.47 Å². The number of rotatable bonds is 10. The molecule has 1 aliphatic rings. The number of benzene rings is 2. The average Bonchev–Trinajstić information content (AvgIpc) is 2.80. The van der Waals surface area contributed by atoms with Crippen molar-refractivity contribution in [1.29, 1.82) is 0 Å². The Hall–Kier alpha value is -2.36. The topological polar surface area (TPSA) is 67.9 Å². The summed E-state index contributed by atoms with van der Waals surface area (Å²) in [6.07, 6.45) is 3.80. The smallest absolute Gasteiger partial charge is 0.409 e. The molecule has 1 fully saturated rings. The fraction of sp³-hybridized carbons (Fsp3) is 0.517. The molecule has 0 bridgehead atoms. The Morgan fingerprint density at radius 1 is 1.05 bits per heavy atom. The van der Waals surface area contributed by atoms with Gasteiger partial charge >= 0.3 is 6.09 Å². The van der Waals surface area contributed by atoms with Crippen molar-refractivity contribution in [3.8, 4) is 5.75 Å². The molecule has 202 valence electrons. The molecule has 2 aromatic carbocycles. The summed E-state index contributed by atoms with van der Waals surface area (Å²) in [5, 5.41) is 2.86. The molecule has 1 atom stereocenters. The van der Waals surface area contributed by atoms with Gasteiger partial charge in [0.15, 0.2) is 3.55 Å². The van der Waals surface area contributed by atoms with E-state index in [2.05, 4.69) is 12.2 Å². The minimum Gasteiger partial charge on any atom is -0.497 e. The second-order valence-corrected chi connectivity index (χ2v) is 12.7. The third-order valence-electron chi connectivity index (χ3n) is 6.63. The fourth-order valence-electron chi connectivity index (χ4n) is 4.74. The zero-order valence-electron chi connectivity index (χ0n) is 22.4. The summed E-state index contributed by atoms with van der Waals surface area (Å²) < 4.78 is 23.1. The van der Waals surface area contributed by atoms with Gasteiger partial charge < -0.3 is 14.4 Å². The highest BCUT2D eigenvalue weighted by atomic mass is 127. The van der Waals surface area contributed by atoms with Crippen LogP contribution in [-0.4, -0.2) is 46.2 Å². The van der Waals surface area contributed by atoms with Gasteiger partial charge in [-0.3, -0.25) is 10.1 Å². The molecule has 0 unspecified atom stereocenters. The van der Waals surface area contributed by atoms with Crippen LogP contribution in [0.25, 0.3) is 0 Å². The summed E-state index contributed by atoms with van der Waals surface area (Å²) in [7, 11) is 1.60. The third-order valence-corrected chi connectivity index (χ3v) is 7.75. The van der Waals surface area contributed by atoms with Gasteiger partial charge in [-0.1, -0.05) is 50.5 Å². The lowest BCUT2D eigenvalue weighted by Crippen LogP contribution is -2.67. The predicted octanol–water partition coefficient (Wildman–Crippen LogP) is 6.39. The Balaban J connectivity index is 1.84. The number of amides is 2. The Morgan fingerprint density at radius 2 is 1.68 bits per heavy atom. The molecule has 0 radical (unpaired) electrons. The standard InChI is InChI=1S/C29H38FIN2O4/c1-6-7-8-17-28(22-11-13-23(30)14-12-22)19-33(20-28)25(34)29(31,32-26(35)37-27(2,3)4)18-21-9-15-24(36-5)16-10-21/h9-16H,6-8,17-20H2,1-5H3,(H,32,35)/t29-/m0/s1. The van der Waals surface area contributed by atoms with Gasteiger partial charge in [-0.2, -0.15) is 0 Å². The van der Waals surface area contributed by atoms with Gasteiger partial charge in [-0.25, -0.2) is 9.18 Å². The van der Waals surface area contributed by atoms with Crippen molar-refractivity contribution in [3.63, 3.8) is 0 Å². The third kappa shape index (κ3) is 7.58. The van der Waals surface area contributed by atoms with E-state index >= 15 is 0 Å². The molecule has 1 heterocycles. The molecule has 3 rings (SSSR count). The quantitative estimate of drug-likeness (QED) is 0.144. The molecule has 6 nitrogen and oxygen atoms in total. The SMILES string of the molecule is CCCCCC1(c2ccc(F)cc2)CN(C(=O)[C@](I)(Cc2ccc(OC)cc2)NC(=O)OC(C)(C)C)C1. The van der Waals surface area contributed by atoms with E-state index < -0.39 is 15.2 Å². The van der Waals surface area contributed by atoms with Crippen molar-refractivity contribution in [3.05, 3.63) is 65.5 Å². The van der Waals surface area contributed by atoms with Gasteiger partial charge in [0, 0.05) is 24.9 Å². The van der Waals surface area contributed by atoms with Crippen molar-refractivity contribution < 1.29 is 23.5 Å². The van der Waals surface area contributed by atoms with E-state index in [-0.39, 0.29) is 23.6 Å². The number of carbonyl (C=O) groups is 2. The first-order valence-electron chi connectivity index (χ1n) is 12.8. The number of carbonyl (C=O) groups excluding carboxylic acids is 2. The lowest BCUT2D eigenvalue weighted by molar-refractivity contribution is -0.142. The second kappa shape index (κ2) is 12.0. The van der Waals surface area contributed by atoms with Crippen LogP contribution in [0.15, 0.2) is 48.5 Å². The molecular weight excluding hydrogens is 586 g/mol. The number of hydrogen-bond acceptors (Lipinski definition) is 4. The zero-order chi connectivity index (χ0) is 27.3. The predicted molar refractivity (Wildman–Crippen MR) is 152 cm³/mol. The molecule has 0 spiro atoms. The van der Waals surface area contributed by atoms with E-state index in [1.807, 2.05) is 59.0 Å². The number of methoxy groups -OCH3 is 1. The Bertz CT molecular complexity index is 1060. The van der Waals surface area contributed by atoms with Crippen LogP contribution in [0.2, 0.25) is 0 Å². The number of ether oxygens (including phenoxy) is 2. The highest BCUT2D eigenvalue weighted by Gasteiger charge is 2.51. The number of unbranched alkanes of at least 4 members (excludes halogenated alkanes) is 2. The van der Waals surface area contributed by atoms with Crippen LogP contribution in [0.3, 0.4) is 0 Å². The summed E-state index contributed by atoms with van der Waals surface area (Å²) >= 11 is 2.04. The molecule has 8 heteroatoms. The Labute approximate surface area is 233 Å². The highest BCUT2D eigenvalue weighted by Crippen LogP contribution is 2.41. The lowest BCUT2D eigenvalue weighted by atomic mass is 9.70. The maximum absolute atomic E-state index is 13.9. The molecule has 2 aromatic rings. The van der Waals surface area contributed by atoms with Gasteiger partial charge in [0.25, 0.3) is 5.91 Å². The Kier molecular flexibility index (Phi) is 9.47. The minimum absolute atomic E-state index is 0.178. The largest absolute Gasteiger partial charge is 0.497 e. The lowest BCUT2D eigenvalue weighted by Gasteiger charge is -2.52. The van der Waals surface area contributed by atoms with Crippen molar-refractivity contribution >= 4 is 34.6 Å². The van der Waals surface area contributed by atoms with Crippen LogP contribution in [0.5, 0.6) is 5.75 Å². The Morgan fingerprint density at radius 3 is 2.22 bits per heavy atom. The molecule has 0 saturated carbocycles. The van der Waals surface area contributed by atoms with Gasteiger partial charge in [-0.05, 0) is 85.2 Å². The highest BCUT2D eigenvalue weighted by molar-refractivity contribution is 14.1. The van der Waals surface area contributed by atoms with Crippen LogP contribution >= 0.6 is 22.6 Å². The van der Waals surface area contributed by atoms with Gasteiger partial charge in [0.1, 0.15) is 17.2 Å². The summed E-state index contributed by atoms with van der Waals surface area (Å²) in [5.74, 6) is 0.267. The molecule has 1 aliphatic heterocycles. The zero-order valence-corrected chi connectivity index (χ0v) is 24.6. The number of nitrogens with one attached hydrogen (secondary N) is 1. The van der Waals surface area contributed by atoms with Crippen LogP contribution in [-0.2, 0) is 21.4 Å². The van der Waals surface area contributed by atoms with Crippen molar-refractivity contribution in [2.75, 3.05) is 20.2 Å². The maximum Gasteiger partial charge on any atom is 0.409 e. The van der Waals surface area contributed by atoms with E-state index in [1.165, 1.54) is 12.1 Å². The molecular formula is C29H38FIN2O4. The minimum atomic E-state index is -1.24. The number of halogens is 2. The van der Waals surface area contributed by atoms with E-state index in [0.717, 1.165) is 36.8 Å². The van der Waals surface area contributed by atoms with E-state index in [1.54, 1.807) is 32.8 Å². The molecule has 0 aromatic heterocycles. The van der Waals surface area contributed by atoms with Crippen molar-refractivity contribution in [2.24, 2.45) is 0 Å². The van der Waals surface area contributed by atoms with Crippen LogP contribution in [0.4, 0.5) is 9.18 Å². The first-order chi connectivity index (χ1) is 17.4. The number of alkyl halides is 1. The van der Waals surface area contributed by atoms with Crippen LogP contribution in [0, 0.1) is 5.82 Å². The number of alkyl carbamates (subject to hydrolysis) is 1. The summed E-state index contributed by atoms with van der Waals surface area (Å²) in [6.45, 7) is 8.56. The number of nitrogens with zero attached hydrogens (tertiary/aromatic N) is 1. The van der Waals surface area contributed by atoms with E-state index in [9.17, 15) is 14.0 Å². The molecule has 0 aliphatic carbocycles. The second-order valence-electron chi connectivity index (χ2n) is 10.9. The average molecular weight is 625 g/mol. The maximum atomic E-state index is 13.9. The molecule has 1 N–H and O–H groups in total. The summed E-state index contributed by atoms with van der Waals surface area (Å²) in [6, 6.07) is 14.1. The normalized spacial score (nSPS) is 16.4. The van der Waals surface area contributed by atoms with E-state index in [0.29, 0.717) is 18.8 Å². The first kappa shape index (κ1) is 29.2. The van der Waals surface area contributed by atoms with Gasteiger partial charge in [0.2, 0.25) is 0 Å². The summed E-state index contributed by atoms with van der Waals surface area (Å²) in [5.41, 5.74) is 1.01. The fourth-order valence-corrected chi connectivity index (χ4v) is 5.75. The van der Waals surface area contributed by atoms with Crippen molar-refractivity contribution in [2.45, 2.75) is 74.4 Å². The van der Waals surface area contributed by atoms with Crippen LogP contribution < -0.4 is 10.1 Å². The van der Waals surface area contributed by atoms with Gasteiger partial charge in [-0.15, -0.1) is 0 Å². The molecule has 37 heavy (non-hydrogen) atoms. The number of hydrogen-bond donors (Lipinski definition) is 1. The summed E-state index contributed by atoms with van der Waals surface area (Å²) in [4.78, 5) is 28.5. The molecule has 2 amide bonds. The van der Waals surface area contributed by atoms with Crippen LogP contribution in [0.1, 0.15) is 64.5 Å². The monoisotopic (exact) mass is 624 g/mol. The molecule has 1 saturated heterocycles. The van der Waals surface area contributed by atoms with Gasteiger partial charge in [0.05, 0.1) is 7.11 Å². The van der Waals surface area contributed by atoms with Crippen molar-refractivity contribution in [1.82, 2.24) is 10.2 Å². The first-order valence-corrected chi connectivity index (χ1v) is 13.9. The number of likely N-dealkylation sites (tertiary alicyclic amines) is 1.